The van der Waals surface area contributed by atoms with Crippen molar-refractivity contribution in [1.82, 2.24) is 5.01 Å². The molecular formula is C9H18N2O. The van der Waals surface area contributed by atoms with Crippen LogP contribution in [0.4, 0.5) is 0 Å². The average molecular weight is 170 g/mol. The molecule has 0 radical (unpaired) electrons. The third-order valence-corrected chi connectivity index (χ3v) is 2.58. The SMILES string of the molecule is CN(N)C(=O)CC1CCCCC1. The van der Waals surface area contributed by atoms with Gasteiger partial charge in [-0.1, -0.05) is 19.3 Å². The van der Waals surface area contributed by atoms with Gasteiger partial charge in [0.1, 0.15) is 0 Å². The van der Waals surface area contributed by atoms with E-state index in [0.717, 1.165) is 0 Å². The first kappa shape index (κ1) is 9.52. The number of carbonyl (C=O) groups excluding carboxylic acids is 1. The predicted octanol–water partition coefficient (Wildman–Crippen LogP) is 1.29. The van der Waals surface area contributed by atoms with Gasteiger partial charge in [0.05, 0.1) is 0 Å². The maximum absolute atomic E-state index is 11.2. The van der Waals surface area contributed by atoms with Crippen LogP contribution < -0.4 is 5.84 Å². The number of amides is 1. The van der Waals surface area contributed by atoms with Gasteiger partial charge in [-0.2, -0.15) is 0 Å². The van der Waals surface area contributed by atoms with Gasteiger partial charge < -0.3 is 0 Å². The van der Waals surface area contributed by atoms with Crippen molar-refractivity contribution < 1.29 is 4.79 Å². The lowest BCUT2D eigenvalue weighted by molar-refractivity contribution is -0.131. The number of hydrogen-bond donors (Lipinski definition) is 1. The van der Waals surface area contributed by atoms with Gasteiger partial charge in [-0.15, -0.1) is 0 Å². The first-order valence-corrected chi connectivity index (χ1v) is 4.71. The van der Waals surface area contributed by atoms with Gasteiger partial charge in [-0.3, -0.25) is 9.80 Å². The molecule has 3 nitrogen and oxygen atoms in total. The van der Waals surface area contributed by atoms with E-state index in [1.807, 2.05) is 0 Å². The quantitative estimate of drug-likeness (QED) is 0.385. The highest BCUT2D eigenvalue weighted by Crippen LogP contribution is 2.26. The fraction of sp³-hybridized carbons (Fsp3) is 0.889. The number of nitrogens with zero attached hydrogens (tertiary/aromatic N) is 1. The van der Waals surface area contributed by atoms with E-state index in [9.17, 15) is 4.79 Å². The van der Waals surface area contributed by atoms with Crippen LogP contribution in [0, 0.1) is 5.92 Å². The Balaban J connectivity index is 2.24. The smallest absolute Gasteiger partial charge is 0.236 e. The number of hydrogen-bond acceptors (Lipinski definition) is 2. The fourth-order valence-corrected chi connectivity index (χ4v) is 1.78. The molecule has 1 saturated carbocycles. The lowest BCUT2D eigenvalue weighted by Crippen LogP contribution is -2.34. The molecule has 70 valence electrons. The standard InChI is InChI=1S/C9H18N2O/c1-11(10)9(12)7-8-5-3-2-4-6-8/h8H,2-7,10H2,1H3. The Hall–Kier alpha value is -0.570. The minimum atomic E-state index is 0.0712. The average Bonchev–Trinajstić information content (AvgIpc) is 2.06. The summed E-state index contributed by atoms with van der Waals surface area (Å²) in [5.74, 6) is 6.00. The largest absolute Gasteiger partial charge is 0.284 e. The fourth-order valence-electron chi connectivity index (χ4n) is 1.78. The third-order valence-electron chi connectivity index (χ3n) is 2.58. The van der Waals surface area contributed by atoms with Crippen molar-refractivity contribution in [3.63, 3.8) is 0 Å². The summed E-state index contributed by atoms with van der Waals surface area (Å²) in [6.45, 7) is 0. The number of hydrazine groups is 1. The maximum Gasteiger partial charge on any atom is 0.236 e. The molecule has 1 fully saturated rings. The zero-order chi connectivity index (χ0) is 8.97. The summed E-state index contributed by atoms with van der Waals surface area (Å²) in [5.41, 5.74) is 0. The minimum absolute atomic E-state index is 0.0712. The van der Waals surface area contributed by atoms with E-state index >= 15 is 0 Å². The Bertz CT molecular complexity index is 151. The van der Waals surface area contributed by atoms with Gasteiger partial charge in [0.25, 0.3) is 0 Å². The molecule has 12 heavy (non-hydrogen) atoms. The second-order valence-corrected chi connectivity index (χ2v) is 3.71. The molecule has 0 bridgehead atoms. The number of carbonyl (C=O) groups is 1. The molecule has 1 aliphatic carbocycles. The first-order chi connectivity index (χ1) is 5.70. The summed E-state index contributed by atoms with van der Waals surface area (Å²) in [6, 6.07) is 0. The normalized spacial score (nSPS) is 19.2. The van der Waals surface area contributed by atoms with Crippen molar-refractivity contribution >= 4 is 5.91 Å². The zero-order valence-electron chi connectivity index (χ0n) is 7.75. The number of rotatable bonds is 2. The molecule has 0 aromatic rings. The summed E-state index contributed by atoms with van der Waals surface area (Å²) in [6.07, 6.45) is 6.97. The summed E-state index contributed by atoms with van der Waals surface area (Å²) < 4.78 is 0. The second kappa shape index (κ2) is 4.45. The molecule has 0 aromatic carbocycles. The van der Waals surface area contributed by atoms with Gasteiger partial charge in [-0.25, -0.2) is 5.84 Å². The molecular weight excluding hydrogens is 152 g/mol. The highest BCUT2D eigenvalue weighted by molar-refractivity contribution is 5.75. The number of nitrogens with two attached hydrogens (primary N) is 1. The van der Waals surface area contributed by atoms with E-state index < -0.39 is 0 Å². The Morgan fingerprint density at radius 1 is 1.42 bits per heavy atom. The first-order valence-electron chi connectivity index (χ1n) is 4.71. The van der Waals surface area contributed by atoms with E-state index in [4.69, 9.17) is 5.84 Å². The van der Waals surface area contributed by atoms with E-state index in [-0.39, 0.29) is 5.91 Å². The predicted molar refractivity (Wildman–Crippen MR) is 48.1 cm³/mol. The van der Waals surface area contributed by atoms with Crippen LogP contribution in [0.2, 0.25) is 0 Å². The monoisotopic (exact) mass is 170 g/mol. The van der Waals surface area contributed by atoms with Gasteiger partial charge >= 0.3 is 0 Å². The molecule has 0 spiro atoms. The molecule has 0 heterocycles. The van der Waals surface area contributed by atoms with E-state index in [0.29, 0.717) is 12.3 Å². The molecule has 1 rings (SSSR count). The van der Waals surface area contributed by atoms with Crippen molar-refractivity contribution in [3.8, 4) is 0 Å². The van der Waals surface area contributed by atoms with Crippen LogP contribution >= 0.6 is 0 Å². The second-order valence-electron chi connectivity index (χ2n) is 3.71. The molecule has 0 saturated heterocycles. The summed E-state index contributed by atoms with van der Waals surface area (Å²) in [4.78, 5) is 11.2. The Kier molecular flexibility index (Phi) is 3.53. The topological polar surface area (TPSA) is 46.3 Å². The van der Waals surface area contributed by atoms with Crippen LogP contribution in [0.25, 0.3) is 0 Å². The van der Waals surface area contributed by atoms with Crippen LogP contribution in [0.15, 0.2) is 0 Å². The van der Waals surface area contributed by atoms with E-state index in [1.165, 1.54) is 37.1 Å². The maximum atomic E-state index is 11.2. The summed E-state index contributed by atoms with van der Waals surface area (Å²) in [7, 11) is 1.62. The van der Waals surface area contributed by atoms with E-state index in [2.05, 4.69) is 0 Å². The highest BCUT2D eigenvalue weighted by atomic mass is 16.2. The van der Waals surface area contributed by atoms with Crippen LogP contribution in [0.1, 0.15) is 38.5 Å². The molecule has 0 unspecified atom stereocenters. The van der Waals surface area contributed by atoms with Crippen LogP contribution in [-0.2, 0) is 4.79 Å². The lowest BCUT2D eigenvalue weighted by Gasteiger charge is -2.22. The molecule has 0 aliphatic heterocycles. The van der Waals surface area contributed by atoms with Crippen LogP contribution in [0.5, 0.6) is 0 Å². The van der Waals surface area contributed by atoms with E-state index in [1.54, 1.807) is 7.05 Å². The summed E-state index contributed by atoms with van der Waals surface area (Å²) >= 11 is 0. The summed E-state index contributed by atoms with van der Waals surface area (Å²) in [5, 5.41) is 1.20. The van der Waals surface area contributed by atoms with Gasteiger partial charge in [0, 0.05) is 13.5 Å². The van der Waals surface area contributed by atoms with Gasteiger partial charge in [0.15, 0.2) is 0 Å². The minimum Gasteiger partial charge on any atom is -0.284 e. The van der Waals surface area contributed by atoms with Crippen LogP contribution in [0.3, 0.4) is 0 Å². The van der Waals surface area contributed by atoms with Crippen molar-refractivity contribution in [1.29, 1.82) is 0 Å². The molecule has 0 aromatic heterocycles. The highest BCUT2D eigenvalue weighted by Gasteiger charge is 2.17. The molecule has 3 heteroatoms. The van der Waals surface area contributed by atoms with Crippen molar-refractivity contribution in [2.24, 2.45) is 11.8 Å². The third kappa shape index (κ3) is 2.81. The Labute approximate surface area is 73.9 Å². The molecule has 1 amide bonds. The lowest BCUT2D eigenvalue weighted by atomic mass is 9.87. The van der Waals surface area contributed by atoms with Gasteiger partial charge in [0.2, 0.25) is 5.91 Å². The molecule has 0 atom stereocenters. The molecule has 2 N–H and O–H groups in total. The van der Waals surface area contributed by atoms with Crippen molar-refractivity contribution in [2.45, 2.75) is 38.5 Å². The molecule has 1 aliphatic rings. The van der Waals surface area contributed by atoms with Crippen molar-refractivity contribution in [2.75, 3.05) is 7.05 Å². The van der Waals surface area contributed by atoms with Crippen molar-refractivity contribution in [3.05, 3.63) is 0 Å². The Morgan fingerprint density at radius 2 is 2.00 bits per heavy atom. The zero-order valence-corrected chi connectivity index (χ0v) is 7.75. The Morgan fingerprint density at radius 3 is 2.50 bits per heavy atom. The van der Waals surface area contributed by atoms with Gasteiger partial charge in [-0.05, 0) is 18.8 Å². The van der Waals surface area contributed by atoms with Crippen LogP contribution in [-0.4, -0.2) is 18.0 Å².